The van der Waals surface area contributed by atoms with Gasteiger partial charge in [0.2, 0.25) is 5.95 Å². The van der Waals surface area contributed by atoms with Gasteiger partial charge >= 0.3 is 0 Å². The quantitative estimate of drug-likeness (QED) is 0.404. The van der Waals surface area contributed by atoms with Crippen molar-refractivity contribution >= 4 is 43.9 Å². The van der Waals surface area contributed by atoms with E-state index >= 15 is 0 Å². The Labute approximate surface area is 203 Å². The molecule has 2 heterocycles. The first-order valence-corrected chi connectivity index (χ1v) is 11.9. The van der Waals surface area contributed by atoms with Crippen molar-refractivity contribution in [1.82, 2.24) is 14.8 Å². The Morgan fingerprint density at radius 1 is 1.03 bits per heavy atom. The fraction of sp³-hybridized carbons (Fsp3) is 0.250. The minimum Gasteiger partial charge on any atom is -0.496 e. The molecular formula is C24H22Br2N4O2. The predicted molar refractivity (Wildman–Crippen MR) is 132 cm³/mol. The van der Waals surface area contributed by atoms with Crippen LogP contribution in [0.3, 0.4) is 0 Å². The Hall–Kier alpha value is -2.58. The summed E-state index contributed by atoms with van der Waals surface area (Å²) in [5.41, 5.74) is 5.73. The van der Waals surface area contributed by atoms with E-state index in [1.165, 1.54) is 11.1 Å². The van der Waals surface area contributed by atoms with Crippen LogP contribution >= 0.6 is 31.9 Å². The third-order valence-corrected chi connectivity index (χ3v) is 6.91. The lowest BCUT2D eigenvalue weighted by Gasteiger charge is -2.35. The van der Waals surface area contributed by atoms with Crippen molar-refractivity contribution in [2.24, 2.45) is 0 Å². The zero-order valence-corrected chi connectivity index (χ0v) is 20.9. The number of methoxy groups -OCH3 is 2. The fourth-order valence-corrected chi connectivity index (χ4v) is 5.29. The molecule has 164 valence electrons. The minimum absolute atomic E-state index is 0.0932. The van der Waals surface area contributed by atoms with Gasteiger partial charge in [-0.15, -0.1) is 0 Å². The molecule has 0 spiro atoms. The zero-order valence-electron chi connectivity index (χ0n) is 17.7. The first kappa shape index (κ1) is 21.3. The highest BCUT2D eigenvalue weighted by Gasteiger charge is 2.35. The van der Waals surface area contributed by atoms with E-state index in [0.29, 0.717) is 0 Å². The Balaban J connectivity index is 1.69. The minimum atomic E-state index is -0.0932. The van der Waals surface area contributed by atoms with Crippen LogP contribution in [0.25, 0.3) is 6.08 Å². The molecule has 0 saturated carbocycles. The van der Waals surface area contributed by atoms with Crippen LogP contribution in [-0.4, -0.2) is 29.0 Å². The average molecular weight is 558 g/mol. The maximum atomic E-state index is 5.73. The molecule has 32 heavy (non-hydrogen) atoms. The summed E-state index contributed by atoms with van der Waals surface area (Å²) in [5, 5.41) is 8.10. The van der Waals surface area contributed by atoms with Gasteiger partial charge < -0.3 is 14.8 Å². The normalized spacial score (nSPS) is 18.8. The number of rotatable bonds is 4. The lowest BCUT2D eigenvalue weighted by molar-refractivity contribution is 0.400. The lowest BCUT2D eigenvalue weighted by atomic mass is 9.83. The number of nitrogens with zero attached hydrogens (tertiary/aromatic N) is 3. The standard InChI is InChI=1S/C24H22Br2N4O2/c1-31-20-8-6-16(25)11-15(20)10-14-4-3-5-18-22(14)29-24-27-13-28-30(24)23(18)19-12-17(26)7-9-21(19)32-2/h6-13,23H,3-5H2,1-2H3,(H,27,28,29)/b14-10+. The Morgan fingerprint density at radius 3 is 2.56 bits per heavy atom. The van der Waals surface area contributed by atoms with E-state index in [1.807, 2.05) is 28.9 Å². The van der Waals surface area contributed by atoms with E-state index in [4.69, 9.17) is 9.47 Å². The summed E-state index contributed by atoms with van der Waals surface area (Å²) >= 11 is 7.21. The maximum Gasteiger partial charge on any atom is 0.226 e. The van der Waals surface area contributed by atoms with Gasteiger partial charge in [0, 0.05) is 25.8 Å². The van der Waals surface area contributed by atoms with Crippen molar-refractivity contribution < 1.29 is 9.47 Å². The zero-order chi connectivity index (χ0) is 22.2. The molecule has 0 fully saturated rings. The molecule has 1 unspecified atom stereocenters. The largest absolute Gasteiger partial charge is 0.496 e. The van der Waals surface area contributed by atoms with Crippen LogP contribution < -0.4 is 14.8 Å². The Bertz CT molecular complexity index is 1250. The van der Waals surface area contributed by atoms with E-state index in [-0.39, 0.29) is 6.04 Å². The topological polar surface area (TPSA) is 61.2 Å². The van der Waals surface area contributed by atoms with Crippen LogP contribution in [0.1, 0.15) is 36.4 Å². The van der Waals surface area contributed by atoms with Gasteiger partial charge in [0.25, 0.3) is 0 Å². The van der Waals surface area contributed by atoms with Crippen LogP contribution in [0.2, 0.25) is 0 Å². The van der Waals surface area contributed by atoms with Crippen molar-refractivity contribution in [1.29, 1.82) is 0 Å². The van der Waals surface area contributed by atoms with Gasteiger partial charge in [-0.3, -0.25) is 0 Å². The molecule has 1 aliphatic carbocycles. The van der Waals surface area contributed by atoms with Gasteiger partial charge in [0.15, 0.2) is 0 Å². The van der Waals surface area contributed by atoms with Crippen LogP contribution in [0.4, 0.5) is 5.95 Å². The number of allylic oxidation sites excluding steroid dienone is 2. The number of ether oxygens (including phenoxy) is 2. The summed E-state index contributed by atoms with van der Waals surface area (Å²) in [4.78, 5) is 4.49. The number of hydrogen-bond donors (Lipinski definition) is 1. The number of nitrogens with one attached hydrogen (secondary N) is 1. The number of fused-ring (bicyclic) bond motifs is 1. The highest BCUT2D eigenvalue weighted by Crippen LogP contribution is 2.46. The van der Waals surface area contributed by atoms with Crippen molar-refractivity contribution in [3.05, 3.63) is 79.6 Å². The average Bonchev–Trinajstić information content (AvgIpc) is 3.26. The van der Waals surface area contributed by atoms with Crippen molar-refractivity contribution in [3.63, 3.8) is 0 Å². The molecule has 5 rings (SSSR count). The molecule has 0 bridgehead atoms. The second-order valence-corrected chi connectivity index (χ2v) is 9.58. The number of halogens is 2. The molecule has 3 aromatic rings. The molecular weight excluding hydrogens is 536 g/mol. The summed E-state index contributed by atoms with van der Waals surface area (Å²) in [6.07, 6.45) is 6.80. The fourth-order valence-electron chi connectivity index (χ4n) is 4.54. The van der Waals surface area contributed by atoms with Gasteiger partial charge in [0.05, 0.1) is 14.2 Å². The summed E-state index contributed by atoms with van der Waals surface area (Å²) in [6.45, 7) is 0. The third kappa shape index (κ3) is 3.75. The molecule has 8 heteroatoms. The molecule has 2 aliphatic rings. The Kier molecular flexibility index (Phi) is 5.82. The SMILES string of the molecule is COc1ccc(Br)cc1/C=C1\CCCC2=C1Nc1ncnn1C2c1cc(Br)ccc1OC. The predicted octanol–water partition coefficient (Wildman–Crippen LogP) is 6.36. The van der Waals surface area contributed by atoms with Gasteiger partial charge in [0.1, 0.15) is 23.9 Å². The van der Waals surface area contributed by atoms with Gasteiger partial charge in [-0.25, -0.2) is 4.68 Å². The van der Waals surface area contributed by atoms with Crippen LogP contribution in [0, 0.1) is 0 Å². The monoisotopic (exact) mass is 556 g/mol. The van der Waals surface area contributed by atoms with E-state index < -0.39 is 0 Å². The van der Waals surface area contributed by atoms with E-state index in [9.17, 15) is 0 Å². The van der Waals surface area contributed by atoms with Gasteiger partial charge in [-0.05, 0) is 72.9 Å². The number of anilines is 1. The molecule has 1 aliphatic heterocycles. The molecule has 6 nitrogen and oxygen atoms in total. The molecule has 0 radical (unpaired) electrons. The molecule has 1 aromatic heterocycles. The van der Waals surface area contributed by atoms with Crippen molar-refractivity contribution in [3.8, 4) is 11.5 Å². The first-order valence-electron chi connectivity index (χ1n) is 10.4. The van der Waals surface area contributed by atoms with Crippen molar-refractivity contribution in [2.45, 2.75) is 25.3 Å². The highest BCUT2D eigenvalue weighted by molar-refractivity contribution is 9.10. The Morgan fingerprint density at radius 2 is 1.78 bits per heavy atom. The van der Waals surface area contributed by atoms with Crippen LogP contribution in [-0.2, 0) is 0 Å². The molecule has 2 aromatic carbocycles. The summed E-state index contributed by atoms with van der Waals surface area (Å²) in [5.74, 6) is 2.40. The summed E-state index contributed by atoms with van der Waals surface area (Å²) < 4.78 is 15.3. The molecule has 0 amide bonds. The van der Waals surface area contributed by atoms with E-state index in [0.717, 1.165) is 62.5 Å². The second kappa shape index (κ2) is 8.75. The highest BCUT2D eigenvalue weighted by atomic mass is 79.9. The summed E-state index contributed by atoms with van der Waals surface area (Å²) in [6, 6.07) is 12.1. The molecule has 0 saturated heterocycles. The number of benzene rings is 2. The third-order valence-electron chi connectivity index (χ3n) is 5.93. The number of aromatic nitrogens is 3. The number of hydrogen-bond acceptors (Lipinski definition) is 5. The first-order chi connectivity index (χ1) is 15.6. The van der Waals surface area contributed by atoms with Crippen LogP contribution in [0.5, 0.6) is 11.5 Å². The summed E-state index contributed by atoms with van der Waals surface area (Å²) in [7, 11) is 3.41. The smallest absolute Gasteiger partial charge is 0.226 e. The molecule has 1 atom stereocenters. The van der Waals surface area contributed by atoms with Crippen LogP contribution in [0.15, 0.2) is 68.5 Å². The second-order valence-electron chi connectivity index (χ2n) is 7.75. The van der Waals surface area contributed by atoms with Gasteiger partial charge in [-0.1, -0.05) is 31.9 Å². The lowest BCUT2D eigenvalue weighted by Crippen LogP contribution is -2.28. The van der Waals surface area contributed by atoms with E-state index in [1.54, 1.807) is 20.5 Å². The van der Waals surface area contributed by atoms with E-state index in [2.05, 4.69) is 65.5 Å². The molecule has 1 N–H and O–H groups in total. The maximum absolute atomic E-state index is 5.73. The van der Waals surface area contributed by atoms with Gasteiger partial charge in [-0.2, -0.15) is 10.1 Å². The van der Waals surface area contributed by atoms with Crippen molar-refractivity contribution in [2.75, 3.05) is 19.5 Å².